The maximum Gasteiger partial charge on any atom is 0.337 e. The van der Waals surface area contributed by atoms with Gasteiger partial charge < -0.3 is 4.74 Å². The fourth-order valence-corrected chi connectivity index (χ4v) is 3.00. The zero-order valence-corrected chi connectivity index (χ0v) is 16.5. The number of carbonyl (C=O) groups is 1. The van der Waals surface area contributed by atoms with Crippen molar-refractivity contribution in [1.82, 2.24) is 0 Å². The Bertz CT molecular complexity index is 1320. The van der Waals surface area contributed by atoms with Gasteiger partial charge in [0.25, 0.3) is 0 Å². The van der Waals surface area contributed by atoms with Crippen LogP contribution in [0.3, 0.4) is 0 Å². The Kier molecular flexibility index (Phi) is 5.61. The molecular formula is C28H18O2. The maximum absolute atomic E-state index is 11.5. The summed E-state index contributed by atoms with van der Waals surface area (Å²) in [6, 6.07) is 29.4. The van der Waals surface area contributed by atoms with Gasteiger partial charge in [-0.15, -0.1) is 0 Å². The van der Waals surface area contributed by atoms with Crippen molar-refractivity contribution in [3.05, 3.63) is 119 Å². The lowest BCUT2D eigenvalue weighted by molar-refractivity contribution is 0.0600. The Labute approximate surface area is 176 Å². The summed E-state index contributed by atoms with van der Waals surface area (Å²) in [7, 11) is 1.37. The number of ether oxygens (including phenoxy) is 1. The third kappa shape index (κ3) is 4.58. The first-order chi connectivity index (χ1) is 14.7. The highest BCUT2D eigenvalue weighted by Gasteiger charge is 2.03. The van der Waals surface area contributed by atoms with Gasteiger partial charge in [0, 0.05) is 22.3 Å². The van der Waals surface area contributed by atoms with Gasteiger partial charge in [-0.3, -0.25) is 0 Å². The first kappa shape index (κ1) is 19.1. The summed E-state index contributed by atoms with van der Waals surface area (Å²) in [6.07, 6.45) is 0. The van der Waals surface area contributed by atoms with Crippen molar-refractivity contribution in [1.29, 1.82) is 0 Å². The van der Waals surface area contributed by atoms with Crippen LogP contribution >= 0.6 is 0 Å². The standard InChI is InChI=1S/C28H18O2/c1-30-28(29)26-18-14-23(15-19-26)11-10-21-6-8-22(9-7-21)12-13-24-16-17-25-4-2-3-5-27(25)20-24/h2-9,14-20H,1H3. The summed E-state index contributed by atoms with van der Waals surface area (Å²) in [5.41, 5.74) is 4.19. The summed E-state index contributed by atoms with van der Waals surface area (Å²) >= 11 is 0. The number of esters is 1. The van der Waals surface area contributed by atoms with Gasteiger partial charge in [-0.25, -0.2) is 4.79 Å². The molecule has 4 rings (SSSR count). The van der Waals surface area contributed by atoms with Gasteiger partial charge in [0.2, 0.25) is 0 Å². The molecule has 0 aliphatic heterocycles. The average Bonchev–Trinajstić information content (AvgIpc) is 2.81. The van der Waals surface area contributed by atoms with Crippen molar-refractivity contribution >= 4 is 16.7 Å². The molecule has 4 aromatic rings. The predicted octanol–water partition coefficient (Wildman–Crippen LogP) is 5.43. The van der Waals surface area contributed by atoms with Crippen LogP contribution in [-0.4, -0.2) is 13.1 Å². The van der Waals surface area contributed by atoms with Crippen molar-refractivity contribution in [2.75, 3.05) is 7.11 Å². The van der Waals surface area contributed by atoms with E-state index >= 15 is 0 Å². The van der Waals surface area contributed by atoms with Gasteiger partial charge in [-0.1, -0.05) is 54.0 Å². The zero-order valence-electron chi connectivity index (χ0n) is 16.5. The van der Waals surface area contributed by atoms with E-state index in [0.717, 1.165) is 22.3 Å². The molecule has 0 radical (unpaired) electrons. The van der Waals surface area contributed by atoms with Crippen LogP contribution in [0.15, 0.2) is 91.0 Å². The molecular weight excluding hydrogens is 368 g/mol. The second-order valence-corrected chi connectivity index (χ2v) is 6.71. The van der Waals surface area contributed by atoms with E-state index in [-0.39, 0.29) is 5.97 Å². The lowest BCUT2D eigenvalue weighted by atomic mass is 10.1. The van der Waals surface area contributed by atoms with E-state index in [2.05, 4.69) is 47.9 Å². The van der Waals surface area contributed by atoms with Crippen molar-refractivity contribution in [2.45, 2.75) is 0 Å². The number of methoxy groups -OCH3 is 1. The Morgan fingerprint density at radius 3 is 1.63 bits per heavy atom. The first-order valence-electron chi connectivity index (χ1n) is 9.52. The molecule has 0 fully saturated rings. The van der Waals surface area contributed by atoms with Crippen LogP contribution in [0, 0.1) is 23.7 Å². The van der Waals surface area contributed by atoms with Crippen LogP contribution < -0.4 is 0 Å². The molecule has 30 heavy (non-hydrogen) atoms. The summed E-state index contributed by atoms with van der Waals surface area (Å²) in [4.78, 5) is 11.5. The van der Waals surface area contributed by atoms with Gasteiger partial charge in [-0.2, -0.15) is 0 Å². The van der Waals surface area contributed by atoms with Gasteiger partial charge in [-0.05, 0) is 71.4 Å². The van der Waals surface area contributed by atoms with E-state index in [1.54, 1.807) is 12.1 Å². The fraction of sp³-hybridized carbons (Fsp3) is 0.0357. The van der Waals surface area contributed by atoms with E-state index in [9.17, 15) is 4.79 Å². The maximum atomic E-state index is 11.5. The molecule has 0 aromatic heterocycles. The molecule has 0 unspecified atom stereocenters. The number of benzene rings is 4. The van der Waals surface area contributed by atoms with Crippen molar-refractivity contribution < 1.29 is 9.53 Å². The van der Waals surface area contributed by atoms with Crippen LogP contribution in [0.25, 0.3) is 10.8 Å². The Hall–Kier alpha value is -4.27. The largest absolute Gasteiger partial charge is 0.465 e. The molecule has 4 aromatic carbocycles. The zero-order chi connectivity index (χ0) is 20.8. The van der Waals surface area contributed by atoms with E-state index in [4.69, 9.17) is 4.74 Å². The van der Waals surface area contributed by atoms with Crippen LogP contribution in [0.1, 0.15) is 32.6 Å². The number of hydrogen-bond donors (Lipinski definition) is 0. The Morgan fingerprint density at radius 2 is 1.07 bits per heavy atom. The molecule has 0 bridgehead atoms. The number of fused-ring (bicyclic) bond motifs is 1. The summed E-state index contributed by atoms with van der Waals surface area (Å²) < 4.78 is 4.70. The topological polar surface area (TPSA) is 26.3 Å². The third-order valence-electron chi connectivity index (χ3n) is 4.64. The Balaban J connectivity index is 1.47. The normalized spacial score (nSPS) is 9.77. The molecule has 0 N–H and O–H groups in total. The summed E-state index contributed by atoms with van der Waals surface area (Å²) in [5.74, 6) is 12.3. The van der Waals surface area contributed by atoms with Crippen molar-refractivity contribution in [3.8, 4) is 23.7 Å². The van der Waals surface area contributed by atoms with Crippen molar-refractivity contribution in [2.24, 2.45) is 0 Å². The third-order valence-corrected chi connectivity index (χ3v) is 4.64. The molecule has 0 atom stereocenters. The minimum Gasteiger partial charge on any atom is -0.465 e. The van der Waals surface area contributed by atoms with Crippen LogP contribution in [0.4, 0.5) is 0 Å². The lowest BCUT2D eigenvalue weighted by Crippen LogP contribution is -2.00. The highest BCUT2D eigenvalue weighted by Crippen LogP contribution is 2.15. The average molecular weight is 386 g/mol. The van der Waals surface area contributed by atoms with Gasteiger partial charge >= 0.3 is 5.97 Å². The fourth-order valence-electron chi connectivity index (χ4n) is 3.00. The van der Waals surface area contributed by atoms with Gasteiger partial charge in [0.15, 0.2) is 0 Å². The predicted molar refractivity (Wildman–Crippen MR) is 120 cm³/mol. The second-order valence-electron chi connectivity index (χ2n) is 6.71. The van der Waals surface area contributed by atoms with Gasteiger partial charge in [0.05, 0.1) is 12.7 Å². The molecule has 0 aliphatic carbocycles. The minimum absolute atomic E-state index is 0.352. The highest BCUT2D eigenvalue weighted by atomic mass is 16.5. The van der Waals surface area contributed by atoms with E-state index < -0.39 is 0 Å². The van der Waals surface area contributed by atoms with Crippen LogP contribution in [-0.2, 0) is 4.74 Å². The van der Waals surface area contributed by atoms with E-state index in [0.29, 0.717) is 5.56 Å². The smallest absolute Gasteiger partial charge is 0.337 e. The highest BCUT2D eigenvalue weighted by molar-refractivity contribution is 5.89. The number of carbonyl (C=O) groups excluding carboxylic acids is 1. The van der Waals surface area contributed by atoms with Crippen LogP contribution in [0.5, 0.6) is 0 Å². The lowest BCUT2D eigenvalue weighted by Gasteiger charge is -1.98. The summed E-state index contributed by atoms with van der Waals surface area (Å²) in [5, 5.41) is 2.40. The van der Waals surface area contributed by atoms with E-state index in [1.165, 1.54) is 17.9 Å². The molecule has 2 nitrogen and oxygen atoms in total. The quantitative estimate of drug-likeness (QED) is 0.322. The molecule has 0 spiro atoms. The summed E-state index contributed by atoms with van der Waals surface area (Å²) in [6.45, 7) is 0. The molecule has 0 saturated heterocycles. The van der Waals surface area contributed by atoms with Gasteiger partial charge in [0.1, 0.15) is 0 Å². The molecule has 0 amide bonds. The number of rotatable bonds is 1. The molecule has 2 heteroatoms. The minimum atomic E-state index is -0.352. The molecule has 142 valence electrons. The first-order valence-corrected chi connectivity index (χ1v) is 9.52. The van der Waals surface area contributed by atoms with Crippen LogP contribution in [0.2, 0.25) is 0 Å². The molecule has 0 aliphatic rings. The Morgan fingerprint density at radius 1 is 0.600 bits per heavy atom. The molecule has 0 heterocycles. The molecule has 0 saturated carbocycles. The number of hydrogen-bond acceptors (Lipinski definition) is 2. The monoisotopic (exact) mass is 386 g/mol. The van der Waals surface area contributed by atoms with Crippen molar-refractivity contribution in [3.63, 3.8) is 0 Å². The second kappa shape index (κ2) is 8.82. The van der Waals surface area contributed by atoms with E-state index in [1.807, 2.05) is 54.6 Å². The SMILES string of the molecule is COC(=O)c1ccc(C#Cc2ccc(C#Cc3ccc4ccccc4c3)cc2)cc1.